The zero-order chi connectivity index (χ0) is 32.8. The topological polar surface area (TPSA) is 13.1 Å². The Morgan fingerprint density at radius 1 is 0.340 bits per heavy atom. The molecule has 232 valence electrons. The molecule has 2 heterocycles. The third-order valence-corrected chi connectivity index (χ3v) is 11.6. The molecule has 11 rings (SSSR count). The summed E-state index contributed by atoms with van der Waals surface area (Å²) in [5.74, 6) is 0. The second kappa shape index (κ2) is 10.6. The first-order chi connectivity index (χ1) is 24.8. The lowest BCUT2D eigenvalue weighted by Crippen LogP contribution is -1.90. The van der Waals surface area contributed by atoms with E-state index in [4.69, 9.17) is 4.42 Å². The van der Waals surface area contributed by atoms with Crippen LogP contribution in [0.15, 0.2) is 174 Å². The highest BCUT2D eigenvalue weighted by atomic mass is 32.1. The van der Waals surface area contributed by atoms with Crippen LogP contribution >= 0.6 is 11.3 Å². The minimum absolute atomic E-state index is 0.945. The van der Waals surface area contributed by atoms with Crippen LogP contribution in [0.4, 0.5) is 0 Å². The second-order valence-corrected chi connectivity index (χ2v) is 14.3. The van der Waals surface area contributed by atoms with Gasteiger partial charge >= 0.3 is 0 Å². The average molecular weight is 653 g/mol. The fourth-order valence-electron chi connectivity index (χ4n) is 8.23. The molecule has 50 heavy (non-hydrogen) atoms. The molecule has 0 amide bonds. The molecule has 0 unspecified atom stereocenters. The van der Waals surface area contributed by atoms with E-state index < -0.39 is 0 Å². The summed E-state index contributed by atoms with van der Waals surface area (Å²) in [4.78, 5) is 0. The van der Waals surface area contributed by atoms with Gasteiger partial charge in [-0.2, -0.15) is 0 Å². The molecule has 2 aromatic heterocycles. The molecule has 2 heteroatoms. The van der Waals surface area contributed by atoms with Gasteiger partial charge in [-0.25, -0.2) is 0 Å². The minimum Gasteiger partial charge on any atom is -0.455 e. The second-order valence-electron chi connectivity index (χ2n) is 13.2. The number of rotatable bonds is 3. The van der Waals surface area contributed by atoms with Crippen LogP contribution in [0.25, 0.3) is 108 Å². The molecule has 0 saturated carbocycles. The maximum atomic E-state index is 6.52. The highest BCUT2D eigenvalue weighted by molar-refractivity contribution is 7.26. The Hall–Kier alpha value is -6.22. The Bertz CT molecular complexity index is 3070. The van der Waals surface area contributed by atoms with E-state index in [1.54, 1.807) is 0 Å². The van der Waals surface area contributed by atoms with Crippen LogP contribution in [0, 0.1) is 0 Å². The fourth-order valence-corrected chi connectivity index (χ4v) is 9.38. The van der Waals surface area contributed by atoms with Crippen LogP contribution in [0.1, 0.15) is 0 Å². The zero-order valence-electron chi connectivity index (χ0n) is 27.0. The molecule has 0 saturated heterocycles. The summed E-state index contributed by atoms with van der Waals surface area (Å²) >= 11 is 1.86. The lowest BCUT2D eigenvalue weighted by atomic mass is 9.86. The van der Waals surface area contributed by atoms with E-state index in [1.807, 2.05) is 11.3 Å². The maximum absolute atomic E-state index is 6.52. The molecule has 0 aliphatic heterocycles. The smallest absolute Gasteiger partial charge is 0.143 e. The SMILES string of the molecule is c1ccc(-c2c3ccccc3c(-c3ccc(-c4ccc5c(c4)sc4ccc6oc7c8ccccc8ccc7c6c45)cc3)c3ccccc23)cc1. The van der Waals surface area contributed by atoms with Crippen molar-refractivity contribution in [1.29, 1.82) is 0 Å². The van der Waals surface area contributed by atoms with Crippen molar-refractivity contribution in [3.05, 3.63) is 170 Å². The molecular formula is C48H28OS. The summed E-state index contributed by atoms with van der Waals surface area (Å²) in [5.41, 5.74) is 9.41. The minimum atomic E-state index is 0.945. The Morgan fingerprint density at radius 2 is 0.900 bits per heavy atom. The molecule has 0 spiro atoms. The molecule has 1 nitrogen and oxygen atoms in total. The molecule has 11 aromatic rings. The number of thiophene rings is 1. The average Bonchev–Trinajstić information content (AvgIpc) is 3.75. The first kappa shape index (κ1) is 27.7. The normalized spacial score (nSPS) is 12.0. The van der Waals surface area contributed by atoms with Crippen molar-refractivity contribution in [2.24, 2.45) is 0 Å². The van der Waals surface area contributed by atoms with Crippen molar-refractivity contribution < 1.29 is 4.42 Å². The number of hydrogen-bond donors (Lipinski definition) is 0. The van der Waals surface area contributed by atoms with Gasteiger partial charge in [-0.15, -0.1) is 11.3 Å². The monoisotopic (exact) mass is 652 g/mol. The van der Waals surface area contributed by atoms with Gasteiger partial charge in [0, 0.05) is 36.3 Å². The molecule has 0 atom stereocenters. The molecule has 0 aliphatic rings. The van der Waals surface area contributed by atoms with E-state index in [9.17, 15) is 0 Å². The van der Waals surface area contributed by atoms with Gasteiger partial charge < -0.3 is 4.42 Å². The van der Waals surface area contributed by atoms with Crippen LogP contribution in [-0.2, 0) is 0 Å². The van der Waals surface area contributed by atoms with Crippen molar-refractivity contribution in [1.82, 2.24) is 0 Å². The third-order valence-electron chi connectivity index (χ3n) is 10.5. The Balaban J connectivity index is 1.05. The fraction of sp³-hybridized carbons (Fsp3) is 0. The lowest BCUT2D eigenvalue weighted by Gasteiger charge is -2.18. The van der Waals surface area contributed by atoms with Gasteiger partial charge in [0.15, 0.2) is 0 Å². The van der Waals surface area contributed by atoms with Gasteiger partial charge in [-0.05, 0) is 84.6 Å². The Morgan fingerprint density at radius 3 is 1.60 bits per heavy atom. The van der Waals surface area contributed by atoms with Crippen molar-refractivity contribution in [2.75, 3.05) is 0 Å². The predicted molar refractivity (Wildman–Crippen MR) is 215 cm³/mol. The van der Waals surface area contributed by atoms with Crippen molar-refractivity contribution >= 4 is 85.8 Å². The summed E-state index contributed by atoms with van der Waals surface area (Å²) in [5, 5.41) is 12.4. The standard InChI is InChI=1S/C48H28OS/c1-2-11-31(12-3-1)44-35-14-6-8-16-37(35)45(38-17-9-7-15-36(38)44)32-20-18-29(19-21-32)33-23-24-39-43(28-33)50-42-27-26-41-46(47(39)42)40-25-22-30-10-4-5-13-34(30)48(40)49-41/h1-28H. The molecule has 0 N–H and O–H groups in total. The summed E-state index contributed by atoms with van der Waals surface area (Å²) in [6.45, 7) is 0. The van der Waals surface area contributed by atoms with E-state index in [0.717, 1.165) is 16.6 Å². The van der Waals surface area contributed by atoms with Crippen molar-refractivity contribution in [3.63, 3.8) is 0 Å². The lowest BCUT2D eigenvalue weighted by molar-refractivity contribution is 0.673. The van der Waals surface area contributed by atoms with Crippen LogP contribution in [0.5, 0.6) is 0 Å². The van der Waals surface area contributed by atoms with Crippen LogP contribution in [-0.4, -0.2) is 0 Å². The zero-order valence-corrected chi connectivity index (χ0v) is 27.8. The molecular weight excluding hydrogens is 625 g/mol. The van der Waals surface area contributed by atoms with E-state index in [1.165, 1.54) is 91.3 Å². The molecule has 9 aromatic carbocycles. The molecule has 0 aliphatic carbocycles. The highest BCUT2D eigenvalue weighted by Gasteiger charge is 2.18. The van der Waals surface area contributed by atoms with E-state index in [0.29, 0.717) is 0 Å². The first-order valence-corrected chi connectivity index (χ1v) is 17.9. The quantitative estimate of drug-likeness (QED) is 0.173. The number of hydrogen-bond acceptors (Lipinski definition) is 2. The summed E-state index contributed by atoms with van der Waals surface area (Å²) in [6, 6.07) is 61.9. The van der Waals surface area contributed by atoms with Gasteiger partial charge in [0.1, 0.15) is 11.2 Å². The first-order valence-electron chi connectivity index (χ1n) is 17.1. The summed E-state index contributed by atoms with van der Waals surface area (Å²) in [6.07, 6.45) is 0. The molecule has 0 radical (unpaired) electrons. The molecule has 0 fully saturated rings. The largest absolute Gasteiger partial charge is 0.455 e. The van der Waals surface area contributed by atoms with Crippen LogP contribution in [0.2, 0.25) is 0 Å². The van der Waals surface area contributed by atoms with Gasteiger partial charge in [-0.3, -0.25) is 0 Å². The van der Waals surface area contributed by atoms with E-state index >= 15 is 0 Å². The Kier molecular flexibility index (Phi) is 5.89. The van der Waals surface area contributed by atoms with Crippen LogP contribution < -0.4 is 0 Å². The third kappa shape index (κ3) is 4.00. The predicted octanol–water partition coefficient (Wildman–Crippen LogP) is 14.4. The summed E-state index contributed by atoms with van der Waals surface area (Å²) < 4.78 is 9.10. The van der Waals surface area contributed by atoms with E-state index in [2.05, 4.69) is 170 Å². The maximum Gasteiger partial charge on any atom is 0.143 e. The van der Waals surface area contributed by atoms with Gasteiger partial charge in [0.2, 0.25) is 0 Å². The van der Waals surface area contributed by atoms with Crippen molar-refractivity contribution in [3.8, 4) is 33.4 Å². The Labute approximate surface area is 292 Å². The van der Waals surface area contributed by atoms with Crippen molar-refractivity contribution in [2.45, 2.75) is 0 Å². The summed E-state index contributed by atoms with van der Waals surface area (Å²) in [7, 11) is 0. The van der Waals surface area contributed by atoms with E-state index in [-0.39, 0.29) is 0 Å². The highest BCUT2D eigenvalue weighted by Crippen LogP contribution is 2.46. The number of furan rings is 1. The van der Waals surface area contributed by atoms with Gasteiger partial charge in [0.25, 0.3) is 0 Å². The number of fused-ring (bicyclic) bond motifs is 11. The van der Waals surface area contributed by atoms with Crippen LogP contribution in [0.3, 0.4) is 0 Å². The van der Waals surface area contributed by atoms with Gasteiger partial charge in [-0.1, -0.05) is 146 Å². The van der Waals surface area contributed by atoms with Gasteiger partial charge in [0.05, 0.1) is 0 Å². The number of benzene rings is 9. The molecule has 0 bridgehead atoms.